The average molecular weight is 429 g/mol. The molecule has 0 aliphatic carbocycles. The number of aromatic nitrogens is 4. The van der Waals surface area contributed by atoms with E-state index in [4.69, 9.17) is 19.6 Å². The number of ether oxygens (including phenoxy) is 2. The number of carbonyl (C=O) groups is 2. The maximum Gasteiger partial charge on any atom is 0.310 e. The minimum Gasteiger partial charge on any atom is -0.491 e. The fourth-order valence-corrected chi connectivity index (χ4v) is 3.30. The van der Waals surface area contributed by atoms with Crippen LogP contribution in [0.15, 0.2) is 18.2 Å². The normalized spacial score (nSPS) is 11.2. The number of carboxylic acids is 1. The van der Waals surface area contributed by atoms with Crippen LogP contribution in [0.3, 0.4) is 0 Å². The molecule has 10 nitrogen and oxygen atoms in total. The molecule has 0 atom stereocenters. The Kier molecular flexibility index (Phi) is 7.71. The largest absolute Gasteiger partial charge is 0.491 e. The Balaban J connectivity index is 1.66. The SMILES string of the molecule is COCCOc1ccc2c(c1)nc(NCCCCCC(=O)CC(=O)O)c1nnc(C)n12. The number of unbranched alkanes of at least 4 members (excludes halogenated alkanes) is 2. The molecule has 166 valence electrons. The number of ketones is 1. The smallest absolute Gasteiger partial charge is 0.310 e. The Labute approximate surface area is 179 Å². The van der Waals surface area contributed by atoms with E-state index < -0.39 is 12.4 Å². The van der Waals surface area contributed by atoms with Gasteiger partial charge in [0.1, 0.15) is 30.4 Å². The Hall–Kier alpha value is -3.27. The van der Waals surface area contributed by atoms with Crippen LogP contribution in [0.2, 0.25) is 0 Å². The van der Waals surface area contributed by atoms with Gasteiger partial charge in [-0.25, -0.2) is 4.98 Å². The lowest BCUT2D eigenvalue weighted by Crippen LogP contribution is -2.08. The molecule has 2 heterocycles. The summed E-state index contributed by atoms with van der Waals surface area (Å²) in [4.78, 5) is 26.7. The number of methoxy groups -OCH3 is 1. The highest BCUT2D eigenvalue weighted by Crippen LogP contribution is 2.25. The van der Waals surface area contributed by atoms with Crippen LogP contribution in [0.1, 0.15) is 37.9 Å². The number of hydrogen-bond donors (Lipinski definition) is 2. The summed E-state index contributed by atoms with van der Waals surface area (Å²) in [5, 5.41) is 20.4. The molecule has 3 aromatic rings. The standard InChI is InChI=1S/C21H27N5O5/c1-14-24-25-21-20(22-9-5-3-4-6-15(27)12-19(28)29)23-17-13-16(31-11-10-30-2)7-8-18(17)26(14)21/h7-8,13H,3-6,9-12H2,1-2H3,(H,22,23)(H,28,29). The molecule has 0 radical (unpaired) electrons. The van der Waals surface area contributed by atoms with Gasteiger partial charge in [0.05, 0.1) is 17.6 Å². The first-order valence-electron chi connectivity index (χ1n) is 10.2. The van der Waals surface area contributed by atoms with Gasteiger partial charge in [-0.1, -0.05) is 6.42 Å². The van der Waals surface area contributed by atoms with Crippen molar-refractivity contribution in [2.45, 2.75) is 39.0 Å². The molecule has 3 rings (SSSR count). The van der Waals surface area contributed by atoms with Crippen LogP contribution in [0.4, 0.5) is 5.82 Å². The second-order valence-electron chi connectivity index (χ2n) is 7.21. The third-order valence-electron chi connectivity index (χ3n) is 4.79. The number of aryl methyl sites for hydroxylation is 1. The van der Waals surface area contributed by atoms with E-state index in [-0.39, 0.29) is 5.78 Å². The van der Waals surface area contributed by atoms with Crippen LogP contribution in [-0.4, -0.2) is 63.3 Å². The van der Waals surface area contributed by atoms with Crippen LogP contribution >= 0.6 is 0 Å². The summed E-state index contributed by atoms with van der Waals surface area (Å²) in [5.74, 6) is 0.786. The highest BCUT2D eigenvalue weighted by atomic mass is 16.5. The number of rotatable bonds is 13. The summed E-state index contributed by atoms with van der Waals surface area (Å²) >= 11 is 0. The van der Waals surface area contributed by atoms with E-state index in [9.17, 15) is 9.59 Å². The predicted molar refractivity (Wildman–Crippen MR) is 115 cm³/mol. The topological polar surface area (TPSA) is 128 Å². The molecule has 10 heteroatoms. The molecule has 0 aliphatic rings. The summed E-state index contributed by atoms with van der Waals surface area (Å²) in [5.41, 5.74) is 2.29. The molecule has 0 unspecified atom stereocenters. The fraction of sp³-hybridized carbons (Fsp3) is 0.476. The summed E-state index contributed by atoms with van der Waals surface area (Å²) in [7, 11) is 1.63. The summed E-state index contributed by atoms with van der Waals surface area (Å²) < 4.78 is 12.7. The van der Waals surface area contributed by atoms with Crippen LogP contribution < -0.4 is 10.1 Å². The minimum absolute atomic E-state index is 0.235. The zero-order valence-electron chi connectivity index (χ0n) is 17.8. The number of fused-ring (bicyclic) bond motifs is 3. The maximum absolute atomic E-state index is 11.4. The minimum atomic E-state index is -1.08. The molecular formula is C21H27N5O5. The van der Waals surface area contributed by atoms with Crippen molar-refractivity contribution in [2.24, 2.45) is 0 Å². The summed E-state index contributed by atoms with van der Waals surface area (Å²) in [6.45, 7) is 3.50. The molecule has 0 bridgehead atoms. The monoisotopic (exact) mass is 429 g/mol. The predicted octanol–water partition coefficient (Wildman–Crippen LogP) is 2.63. The zero-order chi connectivity index (χ0) is 22.2. The van der Waals surface area contributed by atoms with Crippen LogP contribution in [0.25, 0.3) is 16.7 Å². The molecule has 0 saturated carbocycles. The van der Waals surface area contributed by atoms with Gasteiger partial charge in [0.15, 0.2) is 5.82 Å². The van der Waals surface area contributed by atoms with Gasteiger partial charge in [0.25, 0.3) is 0 Å². The lowest BCUT2D eigenvalue weighted by molar-refractivity contribution is -0.140. The number of nitrogens with one attached hydrogen (secondary N) is 1. The van der Waals surface area contributed by atoms with Crippen molar-refractivity contribution in [3.63, 3.8) is 0 Å². The fourth-order valence-electron chi connectivity index (χ4n) is 3.30. The van der Waals surface area contributed by atoms with Crippen LogP contribution in [0.5, 0.6) is 5.75 Å². The highest BCUT2D eigenvalue weighted by molar-refractivity contribution is 5.94. The molecule has 2 aromatic heterocycles. The number of benzene rings is 1. The first kappa shape index (κ1) is 22.4. The maximum atomic E-state index is 11.4. The van der Waals surface area contributed by atoms with E-state index in [0.717, 1.165) is 29.7 Å². The van der Waals surface area contributed by atoms with Crippen molar-refractivity contribution < 1.29 is 24.2 Å². The third-order valence-corrected chi connectivity index (χ3v) is 4.79. The van der Waals surface area contributed by atoms with E-state index in [1.807, 2.05) is 29.5 Å². The lowest BCUT2D eigenvalue weighted by atomic mass is 10.1. The van der Waals surface area contributed by atoms with E-state index in [0.29, 0.717) is 49.8 Å². The van der Waals surface area contributed by atoms with Crippen molar-refractivity contribution in [1.29, 1.82) is 0 Å². The first-order valence-corrected chi connectivity index (χ1v) is 10.2. The number of anilines is 1. The van der Waals surface area contributed by atoms with Crippen molar-refractivity contribution in [3.05, 3.63) is 24.0 Å². The Morgan fingerprint density at radius 2 is 2.00 bits per heavy atom. The number of aliphatic carboxylic acids is 1. The number of nitrogens with zero attached hydrogens (tertiary/aromatic N) is 4. The summed E-state index contributed by atoms with van der Waals surface area (Å²) in [6.07, 6.45) is 2.19. The average Bonchev–Trinajstić information content (AvgIpc) is 3.12. The van der Waals surface area contributed by atoms with Gasteiger partial charge in [0, 0.05) is 26.1 Å². The van der Waals surface area contributed by atoms with Gasteiger partial charge >= 0.3 is 5.97 Å². The second kappa shape index (κ2) is 10.7. The van der Waals surface area contributed by atoms with Crippen molar-refractivity contribution in [1.82, 2.24) is 19.6 Å². The molecule has 2 N–H and O–H groups in total. The van der Waals surface area contributed by atoms with Gasteiger partial charge in [-0.05, 0) is 31.9 Å². The second-order valence-corrected chi connectivity index (χ2v) is 7.21. The van der Waals surface area contributed by atoms with Crippen molar-refractivity contribution in [3.8, 4) is 5.75 Å². The Bertz CT molecular complexity index is 1070. The van der Waals surface area contributed by atoms with Gasteiger partial charge in [-0.2, -0.15) is 0 Å². The first-order chi connectivity index (χ1) is 15.0. The van der Waals surface area contributed by atoms with Gasteiger partial charge in [-0.3, -0.25) is 14.0 Å². The molecular weight excluding hydrogens is 402 g/mol. The molecule has 0 fully saturated rings. The third kappa shape index (κ3) is 5.88. The van der Waals surface area contributed by atoms with E-state index >= 15 is 0 Å². The van der Waals surface area contributed by atoms with Crippen molar-refractivity contribution >= 4 is 34.3 Å². The molecule has 0 spiro atoms. The Morgan fingerprint density at radius 3 is 2.77 bits per heavy atom. The van der Waals surface area contributed by atoms with Gasteiger partial charge in [0.2, 0.25) is 5.65 Å². The van der Waals surface area contributed by atoms with E-state index in [1.165, 1.54) is 0 Å². The number of carboxylic acid groups (broad SMARTS) is 1. The van der Waals surface area contributed by atoms with E-state index in [1.54, 1.807) is 7.11 Å². The number of Topliss-reactive ketones (excluding diaryl/α,β-unsaturated/α-hetero) is 1. The quantitative estimate of drug-likeness (QED) is 0.311. The molecule has 31 heavy (non-hydrogen) atoms. The number of hydrogen-bond acceptors (Lipinski definition) is 8. The summed E-state index contributed by atoms with van der Waals surface area (Å²) in [6, 6.07) is 5.70. The number of carbonyl (C=O) groups excluding carboxylic acids is 1. The lowest BCUT2D eigenvalue weighted by Gasteiger charge is -2.11. The Morgan fingerprint density at radius 1 is 1.16 bits per heavy atom. The van der Waals surface area contributed by atoms with Crippen LogP contribution in [-0.2, 0) is 14.3 Å². The van der Waals surface area contributed by atoms with Gasteiger partial charge < -0.3 is 19.9 Å². The molecule has 1 aromatic carbocycles. The van der Waals surface area contributed by atoms with Gasteiger partial charge in [-0.15, -0.1) is 10.2 Å². The van der Waals surface area contributed by atoms with E-state index in [2.05, 4.69) is 15.5 Å². The highest BCUT2D eigenvalue weighted by Gasteiger charge is 2.14. The van der Waals surface area contributed by atoms with Crippen LogP contribution in [0, 0.1) is 6.92 Å². The zero-order valence-corrected chi connectivity index (χ0v) is 17.8. The molecule has 0 aliphatic heterocycles. The van der Waals surface area contributed by atoms with Crippen molar-refractivity contribution in [2.75, 3.05) is 32.2 Å². The molecule has 0 amide bonds. The molecule has 0 saturated heterocycles.